The first-order valence-electron chi connectivity index (χ1n) is 5.64. The van der Waals surface area contributed by atoms with E-state index in [2.05, 4.69) is 5.32 Å². The fourth-order valence-corrected chi connectivity index (χ4v) is 1.75. The van der Waals surface area contributed by atoms with Crippen LogP contribution in [-0.4, -0.2) is 12.2 Å². The molecule has 0 fully saturated rings. The van der Waals surface area contributed by atoms with Crippen LogP contribution in [0.3, 0.4) is 0 Å². The van der Waals surface area contributed by atoms with E-state index in [0.717, 1.165) is 16.7 Å². The molecule has 0 spiro atoms. The van der Waals surface area contributed by atoms with Gasteiger partial charge in [0.05, 0.1) is 6.42 Å². The Morgan fingerprint density at radius 3 is 2.41 bits per heavy atom. The highest BCUT2D eigenvalue weighted by Gasteiger charge is 2.29. The van der Waals surface area contributed by atoms with Crippen LogP contribution in [0.2, 0.25) is 0 Å². The van der Waals surface area contributed by atoms with E-state index in [1.807, 2.05) is 32.0 Å². The van der Waals surface area contributed by atoms with E-state index in [4.69, 9.17) is 0 Å². The Morgan fingerprint density at radius 2 is 1.88 bits per heavy atom. The molecule has 0 saturated heterocycles. The molecular formula is C13H18F3N. The third-order valence-corrected chi connectivity index (χ3v) is 2.68. The van der Waals surface area contributed by atoms with Gasteiger partial charge in [0.2, 0.25) is 0 Å². The first-order valence-corrected chi connectivity index (χ1v) is 5.64. The van der Waals surface area contributed by atoms with Crippen LogP contribution >= 0.6 is 0 Å². The van der Waals surface area contributed by atoms with Crippen LogP contribution in [0.25, 0.3) is 0 Å². The van der Waals surface area contributed by atoms with Crippen LogP contribution in [-0.2, 0) is 6.54 Å². The van der Waals surface area contributed by atoms with Crippen LogP contribution in [0.4, 0.5) is 13.2 Å². The second-order valence-corrected chi connectivity index (χ2v) is 4.53. The Balaban J connectivity index is 2.50. The molecular weight excluding hydrogens is 227 g/mol. The van der Waals surface area contributed by atoms with E-state index in [1.54, 1.807) is 6.92 Å². The first kappa shape index (κ1) is 14.0. The minimum absolute atomic E-state index is 0.476. The topological polar surface area (TPSA) is 12.0 Å². The minimum Gasteiger partial charge on any atom is -0.310 e. The second-order valence-electron chi connectivity index (χ2n) is 4.53. The highest BCUT2D eigenvalue weighted by molar-refractivity contribution is 5.30. The van der Waals surface area contributed by atoms with Crippen LogP contribution < -0.4 is 5.32 Å². The predicted octanol–water partition coefficient (Wildman–Crippen LogP) is 3.73. The molecule has 1 aromatic carbocycles. The van der Waals surface area contributed by atoms with Gasteiger partial charge >= 0.3 is 6.18 Å². The molecule has 0 aromatic heterocycles. The average molecular weight is 245 g/mol. The van der Waals surface area contributed by atoms with Crippen molar-refractivity contribution in [1.82, 2.24) is 5.32 Å². The Kier molecular flexibility index (Phi) is 4.57. The second kappa shape index (κ2) is 5.54. The summed E-state index contributed by atoms with van der Waals surface area (Å²) in [5.41, 5.74) is 3.32. The summed E-state index contributed by atoms with van der Waals surface area (Å²) in [6.45, 7) is 6.00. The summed E-state index contributed by atoms with van der Waals surface area (Å²) in [5.74, 6) is 0. The third-order valence-electron chi connectivity index (χ3n) is 2.68. The number of nitrogens with one attached hydrogen (secondary N) is 1. The number of aryl methyl sites for hydroxylation is 2. The van der Waals surface area contributed by atoms with Gasteiger partial charge in [-0.1, -0.05) is 23.8 Å². The van der Waals surface area contributed by atoms with Gasteiger partial charge in [-0.2, -0.15) is 13.2 Å². The molecule has 1 rings (SSSR count). The van der Waals surface area contributed by atoms with Crippen LogP contribution in [0.5, 0.6) is 0 Å². The van der Waals surface area contributed by atoms with Gasteiger partial charge in [0, 0.05) is 12.6 Å². The van der Waals surface area contributed by atoms with Gasteiger partial charge in [0.15, 0.2) is 0 Å². The lowest BCUT2D eigenvalue weighted by Gasteiger charge is -2.16. The van der Waals surface area contributed by atoms with Crippen molar-refractivity contribution in [3.05, 3.63) is 34.9 Å². The molecule has 1 aromatic rings. The highest BCUT2D eigenvalue weighted by atomic mass is 19.4. The molecule has 0 saturated carbocycles. The minimum atomic E-state index is -4.10. The monoisotopic (exact) mass is 245 g/mol. The molecule has 0 aliphatic rings. The maximum absolute atomic E-state index is 12.1. The zero-order valence-corrected chi connectivity index (χ0v) is 10.4. The Hall–Kier alpha value is -1.03. The van der Waals surface area contributed by atoms with Gasteiger partial charge in [-0.3, -0.25) is 0 Å². The fourth-order valence-electron chi connectivity index (χ4n) is 1.75. The molecule has 0 bridgehead atoms. The maximum Gasteiger partial charge on any atom is 0.390 e. The van der Waals surface area contributed by atoms with Gasteiger partial charge in [0.1, 0.15) is 0 Å². The molecule has 1 unspecified atom stereocenters. The number of alkyl halides is 3. The van der Waals surface area contributed by atoms with Gasteiger partial charge in [-0.05, 0) is 31.9 Å². The zero-order chi connectivity index (χ0) is 13.1. The average Bonchev–Trinajstić information content (AvgIpc) is 2.13. The van der Waals surface area contributed by atoms with E-state index >= 15 is 0 Å². The van der Waals surface area contributed by atoms with Crippen LogP contribution in [0.1, 0.15) is 30.0 Å². The maximum atomic E-state index is 12.1. The van der Waals surface area contributed by atoms with Crippen LogP contribution in [0.15, 0.2) is 18.2 Å². The van der Waals surface area contributed by atoms with E-state index in [-0.39, 0.29) is 0 Å². The largest absolute Gasteiger partial charge is 0.390 e. The fraction of sp³-hybridized carbons (Fsp3) is 0.538. The molecule has 1 atom stereocenters. The van der Waals surface area contributed by atoms with E-state index in [0.29, 0.717) is 6.54 Å². The zero-order valence-electron chi connectivity index (χ0n) is 10.4. The van der Waals surface area contributed by atoms with Crippen molar-refractivity contribution < 1.29 is 13.2 Å². The Bertz CT molecular complexity index is 371. The van der Waals surface area contributed by atoms with E-state index in [9.17, 15) is 13.2 Å². The number of rotatable bonds is 4. The molecule has 0 aliphatic carbocycles. The van der Waals surface area contributed by atoms with Crippen molar-refractivity contribution in [1.29, 1.82) is 0 Å². The molecule has 0 amide bonds. The van der Waals surface area contributed by atoms with Gasteiger partial charge < -0.3 is 5.32 Å². The number of halogens is 3. The van der Waals surface area contributed by atoms with Crippen molar-refractivity contribution in [3.8, 4) is 0 Å². The Labute approximate surface area is 100 Å². The van der Waals surface area contributed by atoms with E-state index < -0.39 is 18.6 Å². The van der Waals surface area contributed by atoms with Crippen LogP contribution in [0, 0.1) is 13.8 Å². The number of hydrogen-bond donors (Lipinski definition) is 1. The highest BCUT2D eigenvalue weighted by Crippen LogP contribution is 2.21. The van der Waals surface area contributed by atoms with Crippen molar-refractivity contribution >= 4 is 0 Å². The molecule has 0 heterocycles. The van der Waals surface area contributed by atoms with Gasteiger partial charge in [-0.15, -0.1) is 0 Å². The first-order chi connectivity index (χ1) is 7.78. The SMILES string of the molecule is Cc1ccc(CNC(C)CC(F)(F)F)c(C)c1. The normalized spacial score (nSPS) is 13.8. The van der Waals surface area contributed by atoms with E-state index in [1.165, 1.54) is 0 Å². The van der Waals surface area contributed by atoms with Crippen molar-refractivity contribution in [2.24, 2.45) is 0 Å². The summed E-state index contributed by atoms with van der Waals surface area (Å²) < 4.78 is 36.4. The number of benzene rings is 1. The van der Waals surface area contributed by atoms with Crippen molar-refractivity contribution in [2.45, 2.75) is 46.0 Å². The quantitative estimate of drug-likeness (QED) is 0.852. The smallest absolute Gasteiger partial charge is 0.310 e. The molecule has 0 radical (unpaired) electrons. The lowest BCUT2D eigenvalue weighted by Crippen LogP contribution is -2.30. The molecule has 96 valence electrons. The molecule has 1 N–H and O–H groups in total. The summed E-state index contributed by atoms with van der Waals surface area (Å²) in [6, 6.07) is 5.40. The summed E-state index contributed by atoms with van der Waals surface area (Å²) in [4.78, 5) is 0. The van der Waals surface area contributed by atoms with Crippen molar-refractivity contribution in [3.63, 3.8) is 0 Å². The summed E-state index contributed by atoms with van der Waals surface area (Å²) in [5, 5.41) is 2.90. The van der Waals surface area contributed by atoms with Gasteiger partial charge in [-0.25, -0.2) is 0 Å². The summed E-state index contributed by atoms with van der Waals surface area (Å²) in [6.07, 6.45) is -4.90. The molecule has 1 nitrogen and oxygen atoms in total. The van der Waals surface area contributed by atoms with Crippen molar-refractivity contribution in [2.75, 3.05) is 0 Å². The standard InChI is InChI=1S/C13H18F3N/c1-9-4-5-12(10(2)6-9)8-17-11(3)7-13(14,15)16/h4-6,11,17H,7-8H2,1-3H3. The summed E-state index contributed by atoms with van der Waals surface area (Å²) in [7, 11) is 0. The number of hydrogen-bond acceptors (Lipinski definition) is 1. The molecule has 0 aliphatic heterocycles. The lowest BCUT2D eigenvalue weighted by molar-refractivity contribution is -0.139. The third kappa shape index (κ3) is 5.22. The van der Waals surface area contributed by atoms with Gasteiger partial charge in [0.25, 0.3) is 0 Å². The molecule has 4 heteroatoms. The molecule has 17 heavy (non-hydrogen) atoms. The Morgan fingerprint density at radius 1 is 1.24 bits per heavy atom. The summed E-state index contributed by atoms with van der Waals surface area (Å²) >= 11 is 0. The predicted molar refractivity (Wildman–Crippen MR) is 62.9 cm³/mol. The lowest BCUT2D eigenvalue weighted by atomic mass is 10.1.